The van der Waals surface area contributed by atoms with E-state index < -0.39 is 0 Å². The molecular weight excluding hydrogens is 466 g/mol. The number of rotatable bonds is 4. The molecule has 0 atom stereocenters. The Hall–Kier alpha value is -3.62. The van der Waals surface area contributed by atoms with Crippen LogP contribution in [-0.2, 0) is 17.8 Å². The molecule has 2 aromatic heterocycles. The Labute approximate surface area is 215 Å². The predicted octanol–water partition coefficient (Wildman–Crippen LogP) is 3.72. The Bertz CT molecular complexity index is 1350. The summed E-state index contributed by atoms with van der Waals surface area (Å²) in [6, 6.07) is 9.56. The fourth-order valence-corrected chi connectivity index (χ4v) is 7.67. The van der Waals surface area contributed by atoms with Gasteiger partial charge in [-0.15, -0.1) is 5.10 Å². The molecule has 9 heteroatoms. The Morgan fingerprint density at radius 1 is 0.973 bits per heavy atom. The van der Waals surface area contributed by atoms with Gasteiger partial charge in [0.15, 0.2) is 5.69 Å². The van der Waals surface area contributed by atoms with E-state index in [-0.39, 0.29) is 17.2 Å². The molecule has 0 radical (unpaired) electrons. The quantitative estimate of drug-likeness (QED) is 0.589. The van der Waals surface area contributed by atoms with Gasteiger partial charge in [-0.3, -0.25) is 9.59 Å². The van der Waals surface area contributed by atoms with Gasteiger partial charge in [0, 0.05) is 12.1 Å². The van der Waals surface area contributed by atoms with Gasteiger partial charge in [0.2, 0.25) is 5.91 Å². The summed E-state index contributed by atoms with van der Waals surface area (Å²) in [7, 11) is 0. The monoisotopic (exact) mass is 497 g/mol. The van der Waals surface area contributed by atoms with Crippen LogP contribution in [0.15, 0.2) is 36.7 Å². The van der Waals surface area contributed by atoms with Crippen LogP contribution in [0.25, 0.3) is 5.69 Å². The van der Waals surface area contributed by atoms with Crippen LogP contribution in [0, 0.1) is 30.1 Å². The van der Waals surface area contributed by atoms with Crippen LogP contribution in [0.3, 0.4) is 0 Å². The number of benzene rings is 1. The number of anilines is 1. The molecule has 0 saturated heterocycles. The minimum Gasteiger partial charge on any atom is -0.331 e. The standard InChI is InChI=1S/C28H31N7O2/c1-17-24(33-35(32-17)21-5-3-2-4-6-21)26(36)34-8-7-22-23(15-34)29-16-30-25(22)31-27(37)28-12-18-9-19(13-28)11-20(10-18)14-28/h2-6,16,18-20H,7-15H2,1H3,(H,29,30,31,37). The van der Waals surface area contributed by atoms with Gasteiger partial charge in [-0.25, -0.2) is 9.97 Å². The molecule has 9 nitrogen and oxygen atoms in total. The van der Waals surface area contributed by atoms with E-state index in [4.69, 9.17) is 0 Å². The molecule has 190 valence electrons. The van der Waals surface area contributed by atoms with E-state index in [9.17, 15) is 9.59 Å². The maximum Gasteiger partial charge on any atom is 0.276 e. The highest BCUT2D eigenvalue weighted by molar-refractivity contribution is 5.96. The first-order valence-corrected chi connectivity index (χ1v) is 13.4. The summed E-state index contributed by atoms with van der Waals surface area (Å²) in [5.74, 6) is 2.71. The topological polar surface area (TPSA) is 106 Å². The molecule has 4 aliphatic carbocycles. The van der Waals surface area contributed by atoms with Crippen LogP contribution in [-0.4, -0.2) is 48.2 Å². The van der Waals surface area contributed by atoms with Gasteiger partial charge in [-0.2, -0.15) is 9.90 Å². The number of aromatic nitrogens is 5. The van der Waals surface area contributed by atoms with E-state index in [1.54, 1.807) is 11.8 Å². The summed E-state index contributed by atoms with van der Waals surface area (Å²) < 4.78 is 0. The van der Waals surface area contributed by atoms with Crippen molar-refractivity contribution >= 4 is 17.6 Å². The van der Waals surface area contributed by atoms with E-state index in [0.29, 0.717) is 54.5 Å². The Morgan fingerprint density at radius 3 is 2.38 bits per heavy atom. The molecule has 4 bridgehead atoms. The van der Waals surface area contributed by atoms with Gasteiger partial charge in [-0.1, -0.05) is 18.2 Å². The van der Waals surface area contributed by atoms with E-state index in [2.05, 4.69) is 25.5 Å². The SMILES string of the molecule is Cc1nn(-c2ccccc2)nc1C(=O)N1CCc2c(ncnc2NC(=O)C23CC4CC(CC(C4)C2)C3)C1. The van der Waals surface area contributed by atoms with Gasteiger partial charge in [0.25, 0.3) is 5.91 Å². The summed E-state index contributed by atoms with van der Waals surface area (Å²) in [6.45, 7) is 2.67. The lowest BCUT2D eigenvalue weighted by Crippen LogP contribution is -2.52. The Morgan fingerprint density at radius 2 is 1.68 bits per heavy atom. The maximum absolute atomic E-state index is 13.6. The number of amides is 2. The number of para-hydroxylation sites is 1. The average Bonchev–Trinajstić information content (AvgIpc) is 3.29. The lowest BCUT2D eigenvalue weighted by Gasteiger charge is -2.55. The zero-order valence-corrected chi connectivity index (χ0v) is 21.1. The molecule has 2 amide bonds. The van der Waals surface area contributed by atoms with E-state index in [1.807, 2.05) is 30.3 Å². The third-order valence-corrected chi connectivity index (χ3v) is 9.02. The molecule has 5 aliphatic rings. The largest absolute Gasteiger partial charge is 0.331 e. The molecule has 37 heavy (non-hydrogen) atoms. The van der Waals surface area contributed by atoms with Gasteiger partial charge in [0.1, 0.15) is 12.1 Å². The van der Waals surface area contributed by atoms with Gasteiger partial charge in [-0.05, 0) is 81.8 Å². The highest BCUT2D eigenvalue weighted by atomic mass is 16.2. The summed E-state index contributed by atoms with van der Waals surface area (Å²) in [5, 5.41) is 12.1. The molecule has 3 aromatic rings. The number of hydrogen-bond donors (Lipinski definition) is 1. The number of carbonyl (C=O) groups excluding carboxylic acids is 2. The number of fused-ring (bicyclic) bond motifs is 1. The smallest absolute Gasteiger partial charge is 0.276 e. The zero-order chi connectivity index (χ0) is 25.1. The molecule has 3 heterocycles. The van der Waals surface area contributed by atoms with Crippen LogP contribution in [0.2, 0.25) is 0 Å². The molecule has 4 fully saturated rings. The summed E-state index contributed by atoms with van der Waals surface area (Å²) in [4.78, 5) is 39.2. The van der Waals surface area contributed by atoms with Crippen molar-refractivity contribution in [1.82, 2.24) is 29.9 Å². The minimum absolute atomic E-state index is 0.138. The first-order valence-electron chi connectivity index (χ1n) is 13.4. The Kier molecular flexibility index (Phi) is 5.16. The Balaban J connectivity index is 1.09. The van der Waals surface area contributed by atoms with Crippen molar-refractivity contribution in [2.75, 3.05) is 11.9 Å². The van der Waals surface area contributed by atoms with Crippen LogP contribution in [0.1, 0.15) is 66.0 Å². The van der Waals surface area contributed by atoms with Crippen LogP contribution >= 0.6 is 0 Å². The molecular formula is C28H31N7O2. The second-order valence-electron chi connectivity index (χ2n) is 11.5. The number of hydrogen-bond acceptors (Lipinski definition) is 6. The third-order valence-electron chi connectivity index (χ3n) is 9.02. The second-order valence-corrected chi connectivity index (χ2v) is 11.5. The number of nitrogens with one attached hydrogen (secondary N) is 1. The first kappa shape index (κ1) is 22.6. The molecule has 8 rings (SSSR count). The second kappa shape index (κ2) is 8.46. The highest BCUT2D eigenvalue weighted by Crippen LogP contribution is 2.60. The number of carbonyl (C=O) groups is 2. The van der Waals surface area contributed by atoms with Crippen molar-refractivity contribution in [3.8, 4) is 5.69 Å². The molecule has 1 aromatic carbocycles. The van der Waals surface area contributed by atoms with E-state index in [0.717, 1.165) is 36.2 Å². The maximum atomic E-state index is 13.6. The van der Waals surface area contributed by atoms with Crippen molar-refractivity contribution in [1.29, 1.82) is 0 Å². The van der Waals surface area contributed by atoms with Crippen LogP contribution in [0.5, 0.6) is 0 Å². The zero-order valence-electron chi connectivity index (χ0n) is 21.1. The number of aryl methyl sites for hydroxylation is 1. The normalized spacial score (nSPS) is 27.7. The molecule has 4 saturated carbocycles. The lowest BCUT2D eigenvalue weighted by molar-refractivity contribution is -0.140. The lowest BCUT2D eigenvalue weighted by atomic mass is 9.49. The number of nitrogens with zero attached hydrogens (tertiary/aromatic N) is 6. The fourth-order valence-electron chi connectivity index (χ4n) is 7.67. The predicted molar refractivity (Wildman–Crippen MR) is 136 cm³/mol. The van der Waals surface area contributed by atoms with Crippen LogP contribution in [0.4, 0.5) is 5.82 Å². The third kappa shape index (κ3) is 3.83. The van der Waals surface area contributed by atoms with E-state index in [1.165, 1.54) is 30.4 Å². The molecule has 0 spiro atoms. The van der Waals surface area contributed by atoms with Crippen molar-refractivity contribution in [3.05, 3.63) is 59.3 Å². The molecule has 1 aliphatic heterocycles. The summed E-state index contributed by atoms with van der Waals surface area (Å²) in [6.07, 6.45) is 9.05. The van der Waals surface area contributed by atoms with Crippen molar-refractivity contribution < 1.29 is 9.59 Å². The van der Waals surface area contributed by atoms with Crippen molar-refractivity contribution in [2.45, 2.75) is 58.4 Å². The average molecular weight is 498 g/mol. The van der Waals surface area contributed by atoms with Gasteiger partial charge >= 0.3 is 0 Å². The van der Waals surface area contributed by atoms with E-state index >= 15 is 0 Å². The first-order chi connectivity index (χ1) is 18.0. The highest BCUT2D eigenvalue weighted by Gasteiger charge is 2.54. The fraction of sp³-hybridized carbons (Fsp3) is 0.500. The van der Waals surface area contributed by atoms with Gasteiger partial charge < -0.3 is 10.2 Å². The van der Waals surface area contributed by atoms with Crippen molar-refractivity contribution in [2.24, 2.45) is 23.2 Å². The molecule has 1 N–H and O–H groups in total. The minimum atomic E-state index is -0.231. The van der Waals surface area contributed by atoms with Crippen LogP contribution < -0.4 is 5.32 Å². The summed E-state index contributed by atoms with van der Waals surface area (Å²) >= 11 is 0. The summed E-state index contributed by atoms with van der Waals surface area (Å²) in [5.41, 5.74) is 3.23. The van der Waals surface area contributed by atoms with Gasteiger partial charge in [0.05, 0.1) is 29.0 Å². The molecule has 0 unspecified atom stereocenters. The van der Waals surface area contributed by atoms with Crippen molar-refractivity contribution in [3.63, 3.8) is 0 Å².